The van der Waals surface area contributed by atoms with Crippen molar-refractivity contribution in [2.75, 3.05) is 14.2 Å². The Labute approximate surface area is 177 Å². The van der Waals surface area contributed by atoms with E-state index in [9.17, 15) is 4.79 Å². The van der Waals surface area contributed by atoms with E-state index in [1.807, 2.05) is 60.5 Å². The lowest BCUT2D eigenvalue weighted by atomic mass is 9.98. The summed E-state index contributed by atoms with van der Waals surface area (Å²) in [7, 11) is 3.54. The van der Waals surface area contributed by atoms with Crippen LogP contribution in [0.3, 0.4) is 0 Å². The van der Waals surface area contributed by atoms with Gasteiger partial charge in [-0.2, -0.15) is 4.98 Å². The topological polar surface area (TPSA) is 55.3 Å². The molecular formula is C25H27N3O2. The van der Waals surface area contributed by atoms with Gasteiger partial charge in [0.05, 0.1) is 12.8 Å². The minimum absolute atomic E-state index is 0.0159. The van der Waals surface area contributed by atoms with Gasteiger partial charge in [-0.05, 0) is 31.2 Å². The van der Waals surface area contributed by atoms with Gasteiger partial charge in [-0.25, -0.2) is 4.98 Å². The summed E-state index contributed by atoms with van der Waals surface area (Å²) >= 11 is 0. The number of hydrogen-bond donors (Lipinski definition) is 0. The van der Waals surface area contributed by atoms with E-state index in [1.54, 1.807) is 7.11 Å². The van der Waals surface area contributed by atoms with E-state index in [4.69, 9.17) is 9.72 Å². The largest absolute Gasteiger partial charge is 0.481 e. The Morgan fingerprint density at radius 3 is 2.37 bits per heavy atom. The highest BCUT2D eigenvalue weighted by molar-refractivity contribution is 5.78. The smallest absolute Gasteiger partial charge is 0.225 e. The zero-order chi connectivity index (χ0) is 20.9. The quantitative estimate of drug-likeness (QED) is 0.598. The second-order valence-electron chi connectivity index (χ2n) is 7.80. The Kier molecular flexibility index (Phi) is 6.07. The van der Waals surface area contributed by atoms with Crippen molar-refractivity contribution in [3.63, 3.8) is 0 Å². The lowest BCUT2D eigenvalue weighted by Gasteiger charge is -2.23. The normalized spacial score (nSPS) is 15.7. The molecule has 0 saturated carbocycles. The second kappa shape index (κ2) is 9.08. The summed E-state index contributed by atoms with van der Waals surface area (Å²) in [4.78, 5) is 24.4. The molecule has 0 aliphatic heterocycles. The van der Waals surface area contributed by atoms with Gasteiger partial charge in [0.2, 0.25) is 11.8 Å². The summed E-state index contributed by atoms with van der Waals surface area (Å²) in [6.45, 7) is 0.629. The standard InChI is InChI=1S/C25H27N3O2/c1-28(17-18-9-5-3-6-10-18)25(29)20-13-15-21-22(16-14-20)26-23(27-24(21)30-2)19-11-7-4-8-12-19/h3-12,20H,13-17H2,1-2H3. The molecule has 0 bridgehead atoms. The van der Waals surface area contributed by atoms with Crippen molar-refractivity contribution in [2.45, 2.75) is 32.2 Å². The van der Waals surface area contributed by atoms with Crippen molar-refractivity contribution in [3.05, 3.63) is 77.5 Å². The van der Waals surface area contributed by atoms with Crippen LogP contribution in [0, 0.1) is 5.92 Å². The van der Waals surface area contributed by atoms with Crippen LogP contribution in [-0.4, -0.2) is 34.9 Å². The molecule has 0 radical (unpaired) electrons. The summed E-state index contributed by atoms with van der Waals surface area (Å²) in [5, 5.41) is 0. The van der Waals surface area contributed by atoms with E-state index in [2.05, 4.69) is 17.1 Å². The molecule has 30 heavy (non-hydrogen) atoms. The lowest BCUT2D eigenvalue weighted by molar-refractivity contribution is -0.135. The Balaban J connectivity index is 1.52. The Hall–Kier alpha value is -3.21. The number of benzene rings is 2. The van der Waals surface area contributed by atoms with E-state index in [-0.39, 0.29) is 11.8 Å². The SMILES string of the molecule is COc1nc(-c2ccccc2)nc2c1CCC(C(=O)N(C)Cc1ccccc1)CC2. The minimum atomic E-state index is -0.0159. The van der Waals surface area contributed by atoms with Crippen molar-refractivity contribution in [1.82, 2.24) is 14.9 Å². The lowest BCUT2D eigenvalue weighted by Crippen LogP contribution is -2.32. The molecule has 1 aliphatic rings. The maximum atomic E-state index is 13.1. The van der Waals surface area contributed by atoms with Crippen LogP contribution in [0.1, 0.15) is 29.7 Å². The van der Waals surface area contributed by atoms with Crippen molar-refractivity contribution < 1.29 is 9.53 Å². The third-order valence-electron chi connectivity index (χ3n) is 5.74. The van der Waals surface area contributed by atoms with E-state index in [0.29, 0.717) is 18.2 Å². The Bertz CT molecular complexity index is 1010. The molecule has 1 heterocycles. The van der Waals surface area contributed by atoms with Crippen LogP contribution in [0.5, 0.6) is 5.88 Å². The molecule has 5 nitrogen and oxygen atoms in total. The summed E-state index contributed by atoms with van der Waals surface area (Å²) in [6, 6.07) is 20.1. The van der Waals surface area contributed by atoms with Crippen molar-refractivity contribution >= 4 is 5.91 Å². The van der Waals surface area contributed by atoms with E-state index >= 15 is 0 Å². The highest BCUT2D eigenvalue weighted by atomic mass is 16.5. The maximum absolute atomic E-state index is 13.1. The molecule has 1 aliphatic carbocycles. The number of amides is 1. The average molecular weight is 402 g/mol. The average Bonchev–Trinajstić information content (AvgIpc) is 3.02. The number of aromatic nitrogens is 2. The van der Waals surface area contributed by atoms with E-state index < -0.39 is 0 Å². The number of hydrogen-bond acceptors (Lipinski definition) is 4. The molecule has 4 rings (SSSR count). The molecule has 0 fully saturated rings. The monoisotopic (exact) mass is 401 g/mol. The first kappa shape index (κ1) is 20.1. The molecule has 1 unspecified atom stereocenters. The number of nitrogens with zero attached hydrogens (tertiary/aromatic N) is 3. The molecule has 5 heteroatoms. The highest BCUT2D eigenvalue weighted by Gasteiger charge is 2.28. The van der Waals surface area contributed by atoms with Gasteiger partial charge in [0.25, 0.3) is 0 Å². The first-order valence-electron chi connectivity index (χ1n) is 10.4. The van der Waals surface area contributed by atoms with Crippen LogP contribution < -0.4 is 4.74 Å². The van der Waals surface area contributed by atoms with Crippen LogP contribution in [0.25, 0.3) is 11.4 Å². The summed E-state index contributed by atoms with van der Waals surface area (Å²) in [5.41, 5.74) is 4.16. The van der Waals surface area contributed by atoms with Gasteiger partial charge in [0.1, 0.15) is 0 Å². The fourth-order valence-corrected chi connectivity index (χ4v) is 4.12. The Morgan fingerprint density at radius 1 is 1.00 bits per heavy atom. The van der Waals surface area contributed by atoms with Crippen LogP contribution >= 0.6 is 0 Å². The van der Waals surface area contributed by atoms with Crippen LogP contribution in [0.4, 0.5) is 0 Å². The highest BCUT2D eigenvalue weighted by Crippen LogP contribution is 2.31. The number of fused-ring (bicyclic) bond motifs is 1. The van der Waals surface area contributed by atoms with E-state index in [1.165, 1.54) is 0 Å². The fraction of sp³-hybridized carbons (Fsp3) is 0.320. The molecular weight excluding hydrogens is 374 g/mol. The number of ether oxygens (including phenoxy) is 1. The fourth-order valence-electron chi connectivity index (χ4n) is 4.12. The summed E-state index contributed by atoms with van der Waals surface area (Å²) in [5.74, 6) is 1.49. The number of carbonyl (C=O) groups excluding carboxylic acids is 1. The third-order valence-corrected chi connectivity index (χ3v) is 5.74. The van der Waals surface area contributed by atoms with Crippen LogP contribution in [0.2, 0.25) is 0 Å². The van der Waals surface area contributed by atoms with Gasteiger partial charge < -0.3 is 9.64 Å². The predicted molar refractivity (Wildman–Crippen MR) is 117 cm³/mol. The number of methoxy groups -OCH3 is 1. The molecule has 3 aromatic rings. The zero-order valence-corrected chi connectivity index (χ0v) is 17.5. The summed E-state index contributed by atoms with van der Waals surface area (Å²) in [6.07, 6.45) is 3.08. The van der Waals surface area contributed by atoms with E-state index in [0.717, 1.165) is 48.1 Å². The molecule has 2 aromatic carbocycles. The number of carbonyl (C=O) groups is 1. The van der Waals surface area contributed by atoms with Gasteiger partial charge in [-0.1, -0.05) is 60.7 Å². The van der Waals surface area contributed by atoms with Crippen LogP contribution in [0.15, 0.2) is 60.7 Å². The molecule has 0 N–H and O–H groups in total. The molecule has 1 amide bonds. The molecule has 0 spiro atoms. The zero-order valence-electron chi connectivity index (χ0n) is 17.5. The van der Waals surface area contributed by atoms with Gasteiger partial charge >= 0.3 is 0 Å². The number of rotatable bonds is 5. The van der Waals surface area contributed by atoms with Crippen molar-refractivity contribution in [3.8, 4) is 17.3 Å². The molecule has 1 atom stereocenters. The molecule has 1 aromatic heterocycles. The molecule has 154 valence electrons. The second-order valence-corrected chi connectivity index (χ2v) is 7.80. The van der Waals surface area contributed by atoms with Crippen LogP contribution in [-0.2, 0) is 24.2 Å². The van der Waals surface area contributed by atoms with Gasteiger partial charge in [-0.3, -0.25) is 4.79 Å². The maximum Gasteiger partial charge on any atom is 0.225 e. The van der Waals surface area contributed by atoms with Gasteiger partial charge in [0.15, 0.2) is 5.82 Å². The minimum Gasteiger partial charge on any atom is -0.481 e. The van der Waals surface area contributed by atoms with Gasteiger partial charge in [0, 0.05) is 30.6 Å². The third kappa shape index (κ3) is 4.35. The Morgan fingerprint density at radius 2 is 1.67 bits per heavy atom. The number of aryl methyl sites for hydroxylation is 1. The molecule has 0 saturated heterocycles. The summed E-state index contributed by atoms with van der Waals surface area (Å²) < 4.78 is 5.61. The predicted octanol–water partition coefficient (Wildman–Crippen LogP) is 4.31. The van der Waals surface area contributed by atoms with Crippen molar-refractivity contribution in [1.29, 1.82) is 0 Å². The van der Waals surface area contributed by atoms with Gasteiger partial charge in [-0.15, -0.1) is 0 Å². The van der Waals surface area contributed by atoms with Crippen molar-refractivity contribution in [2.24, 2.45) is 5.92 Å². The first-order chi connectivity index (χ1) is 14.7. The first-order valence-corrected chi connectivity index (χ1v) is 10.4.